The van der Waals surface area contributed by atoms with Crippen LogP contribution in [0.1, 0.15) is 11.1 Å². The van der Waals surface area contributed by atoms with Gasteiger partial charge in [-0.25, -0.2) is 0 Å². The first kappa shape index (κ1) is 12.6. The fraction of sp³-hybridized carbons (Fsp3) is 0.0714. The van der Waals surface area contributed by atoms with Crippen LogP contribution in [0.25, 0.3) is 11.6 Å². The molecule has 0 spiro atoms. The second-order valence-corrected chi connectivity index (χ2v) is 4.82. The van der Waals surface area contributed by atoms with Gasteiger partial charge < -0.3 is 5.11 Å². The molecule has 0 atom stereocenters. The van der Waals surface area contributed by atoms with Gasteiger partial charge in [-0.15, -0.1) is 0 Å². The first-order chi connectivity index (χ1) is 9.58. The monoisotopic (exact) mass is 285 g/mol. The lowest BCUT2D eigenvalue weighted by Gasteiger charge is -2.06. The fourth-order valence-corrected chi connectivity index (χ4v) is 2.25. The van der Waals surface area contributed by atoms with E-state index in [1.165, 1.54) is 4.57 Å². The summed E-state index contributed by atoms with van der Waals surface area (Å²) in [5, 5.41) is 10.1. The van der Waals surface area contributed by atoms with Crippen LogP contribution >= 0.6 is 12.2 Å². The van der Waals surface area contributed by atoms with Crippen molar-refractivity contribution in [3.05, 3.63) is 50.5 Å². The molecule has 1 aliphatic rings. The highest BCUT2D eigenvalue weighted by molar-refractivity contribution is 7.71. The molecule has 0 saturated carbocycles. The van der Waals surface area contributed by atoms with Crippen molar-refractivity contribution in [3.8, 4) is 5.88 Å². The van der Waals surface area contributed by atoms with Gasteiger partial charge in [-0.05, 0) is 24.4 Å². The molecule has 0 unspecified atom stereocenters. The molecule has 1 aromatic heterocycles. The molecule has 20 heavy (non-hydrogen) atoms. The molecule has 2 aromatic rings. The minimum atomic E-state index is -0.420. The largest absolute Gasteiger partial charge is 0.494 e. The van der Waals surface area contributed by atoms with E-state index in [-0.39, 0.29) is 16.2 Å². The van der Waals surface area contributed by atoms with Gasteiger partial charge in [0.25, 0.3) is 5.56 Å². The zero-order valence-electron chi connectivity index (χ0n) is 10.6. The van der Waals surface area contributed by atoms with Crippen molar-refractivity contribution in [3.63, 3.8) is 0 Å². The van der Waals surface area contributed by atoms with Crippen LogP contribution in [0.15, 0.2) is 34.1 Å². The Morgan fingerprint density at radius 3 is 2.95 bits per heavy atom. The van der Waals surface area contributed by atoms with E-state index in [4.69, 9.17) is 12.2 Å². The molecule has 2 heterocycles. The standard InChI is InChI=1S/C14H11N3O2S/c1-17-13(19)10(12(18)16-14(17)20)6-8-7-15-11-5-3-2-4-9(8)11/h2-7,19H,1H3,(H,16,18,20). The number of aromatic hydroxyl groups is 1. The van der Waals surface area contributed by atoms with Gasteiger partial charge >= 0.3 is 0 Å². The minimum absolute atomic E-state index is 0.163. The summed E-state index contributed by atoms with van der Waals surface area (Å²) in [7, 11) is 1.59. The first-order valence-corrected chi connectivity index (χ1v) is 6.36. The van der Waals surface area contributed by atoms with Crippen molar-refractivity contribution in [2.45, 2.75) is 0 Å². The molecule has 0 saturated heterocycles. The molecule has 0 radical (unpaired) electrons. The molecule has 0 aliphatic carbocycles. The van der Waals surface area contributed by atoms with Crippen molar-refractivity contribution in [1.82, 2.24) is 9.55 Å². The number of aliphatic imine (C=N–C) groups is 1. The highest BCUT2D eigenvalue weighted by Gasteiger charge is 2.14. The van der Waals surface area contributed by atoms with Gasteiger partial charge in [0, 0.05) is 24.4 Å². The van der Waals surface area contributed by atoms with Crippen LogP contribution in [-0.2, 0) is 7.05 Å². The maximum Gasteiger partial charge on any atom is 0.262 e. The summed E-state index contributed by atoms with van der Waals surface area (Å²) >= 11 is 4.93. The summed E-state index contributed by atoms with van der Waals surface area (Å²) in [4.78, 5) is 18.7. The van der Waals surface area contributed by atoms with Crippen molar-refractivity contribution >= 4 is 35.8 Å². The van der Waals surface area contributed by atoms with Crippen LogP contribution in [-0.4, -0.2) is 20.9 Å². The summed E-state index contributed by atoms with van der Waals surface area (Å²) in [6, 6.07) is 7.61. The predicted molar refractivity (Wildman–Crippen MR) is 81.0 cm³/mol. The molecule has 2 N–H and O–H groups in total. The highest BCUT2D eigenvalue weighted by Crippen LogP contribution is 2.32. The van der Waals surface area contributed by atoms with Gasteiger partial charge in [0.1, 0.15) is 5.56 Å². The summed E-state index contributed by atoms with van der Waals surface area (Å²) in [6.45, 7) is 0. The van der Waals surface area contributed by atoms with E-state index in [9.17, 15) is 9.90 Å². The van der Waals surface area contributed by atoms with Crippen molar-refractivity contribution < 1.29 is 5.11 Å². The zero-order valence-corrected chi connectivity index (χ0v) is 11.4. The van der Waals surface area contributed by atoms with E-state index in [2.05, 4.69) is 9.98 Å². The molecule has 1 aromatic carbocycles. The number of aromatic nitrogens is 2. The topological polar surface area (TPSA) is 70.4 Å². The molecule has 0 fully saturated rings. The van der Waals surface area contributed by atoms with Crippen molar-refractivity contribution in [2.24, 2.45) is 12.0 Å². The lowest BCUT2D eigenvalue weighted by molar-refractivity contribution is 0.419. The van der Waals surface area contributed by atoms with E-state index in [1.807, 2.05) is 24.3 Å². The number of benzene rings is 1. The average molecular weight is 285 g/mol. The van der Waals surface area contributed by atoms with E-state index < -0.39 is 5.56 Å². The lowest BCUT2D eigenvalue weighted by Crippen LogP contribution is -2.15. The van der Waals surface area contributed by atoms with Crippen LogP contribution in [0.5, 0.6) is 5.88 Å². The number of rotatable bonds is 1. The Morgan fingerprint density at radius 2 is 2.15 bits per heavy atom. The van der Waals surface area contributed by atoms with Gasteiger partial charge in [-0.3, -0.25) is 19.3 Å². The summed E-state index contributed by atoms with van der Waals surface area (Å²) in [6.07, 6.45) is 3.28. The quantitative estimate of drug-likeness (QED) is 0.790. The zero-order chi connectivity index (χ0) is 14.3. The van der Waals surface area contributed by atoms with Gasteiger partial charge in [-0.2, -0.15) is 0 Å². The third kappa shape index (κ3) is 1.90. The van der Waals surface area contributed by atoms with Crippen LogP contribution < -0.4 is 5.56 Å². The Morgan fingerprint density at radius 1 is 1.40 bits per heavy atom. The average Bonchev–Trinajstić information content (AvgIpc) is 2.84. The maximum absolute atomic E-state index is 11.9. The molecule has 1 aliphatic heterocycles. The van der Waals surface area contributed by atoms with Crippen molar-refractivity contribution in [1.29, 1.82) is 0 Å². The molecule has 3 rings (SSSR count). The van der Waals surface area contributed by atoms with Crippen LogP contribution in [0.3, 0.4) is 0 Å². The number of hydrogen-bond acceptors (Lipinski definition) is 4. The van der Waals surface area contributed by atoms with Gasteiger partial charge in [0.05, 0.1) is 5.69 Å². The second kappa shape index (κ2) is 4.57. The third-order valence-electron chi connectivity index (χ3n) is 3.19. The number of aromatic amines is 1. The van der Waals surface area contributed by atoms with Crippen LogP contribution in [0.2, 0.25) is 0 Å². The van der Waals surface area contributed by atoms with Crippen molar-refractivity contribution in [2.75, 3.05) is 0 Å². The van der Waals surface area contributed by atoms with E-state index >= 15 is 0 Å². The first-order valence-electron chi connectivity index (χ1n) is 5.95. The number of nitrogens with zero attached hydrogens (tertiary/aromatic N) is 2. The molecule has 0 amide bonds. The fourth-order valence-electron chi connectivity index (χ4n) is 2.07. The summed E-state index contributed by atoms with van der Waals surface area (Å²) in [5.74, 6) is -0.163. The minimum Gasteiger partial charge on any atom is -0.494 e. The third-order valence-corrected chi connectivity index (χ3v) is 3.56. The smallest absolute Gasteiger partial charge is 0.262 e. The second-order valence-electron chi connectivity index (χ2n) is 4.43. The SMILES string of the molecule is Cn1c(O)c(C=C2C=Nc3ccccc32)c(=O)[nH]c1=S. The number of H-pyrrole nitrogens is 1. The number of allylic oxidation sites excluding steroid dienone is 1. The Hall–Kier alpha value is -2.47. The number of para-hydroxylation sites is 1. The Balaban J connectivity index is 2.21. The number of nitrogens with one attached hydrogen (secondary N) is 1. The van der Waals surface area contributed by atoms with Gasteiger partial charge in [0.15, 0.2) is 4.77 Å². The molecular weight excluding hydrogens is 274 g/mol. The Labute approximate surface area is 119 Å². The van der Waals surface area contributed by atoms with Gasteiger partial charge in [-0.1, -0.05) is 18.2 Å². The molecule has 5 nitrogen and oxygen atoms in total. The Kier molecular flexibility index (Phi) is 2.87. The van der Waals surface area contributed by atoms with Gasteiger partial charge in [0.2, 0.25) is 5.88 Å². The summed E-state index contributed by atoms with van der Waals surface area (Å²) in [5.41, 5.74) is 2.30. The predicted octanol–water partition coefficient (Wildman–Crippen LogP) is 2.40. The Bertz CT molecular complexity index is 875. The van der Waals surface area contributed by atoms with E-state index in [0.29, 0.717) is 0 Å². The maximum atomic E-state index is 11.9. The molecule has 6 heteroatoms. The summed E-state index contributed by atoms with van der Waals surface area (Å²) < 4.78 is 1.52. The highest BCUT2D eigenvalue weighted by atomic mass is 32.1. The molecular formula is C14H11N3O2S. The molecule has 100 valence electrons. The normalized spacial score (nSPS) is 14.8. The van der Waals surface area contributed by atoms with E-state index in [0.717, 1.165) is 16.8 Å². The number of fused-ring (bicyclic) bond motifs is 1. The van der Waals surface area contributed by atoms with E-state index in [1.54, 1.807) is 19.3 Å². The number of hydrogen-bond donors (Lipinski definition) is 2. The van der Waals surface area contributed by atoms with Crippen LogP contribution in [0.4, 0.5) is 5.69 Å². The molecule has 0 bridgehead atoms. The lowest BCUT2D eigenvalue weighted by atomic mass is 10.1. The van der Waals surface area contributed by atoms with Crippen LogP contribution in [0, 0.1) is 4.77 Å².